The van der Waals surface area contributed by atoms with E-state index < -0.39 is 0 Å². The predicted molar refractivity (Wildman–Crippen MR) is 91.3 cm³/mol. The summed E-state index contributed by atoms with van der Waals surface area (Å²) in [5.74, 6) is 2.37. The van der Waals surface area contributed by atoms with Gasteiger partial charge < -0.3 is 4.74 Å². The monoisotopic (exact) mass is 314 g/mol. The van der Waals surface area contributed by atoms with Crippen molar-refractivity contribution in [2.45, 2.75) is 58.3 Å². The van der Waals surface area contributed by atoms with E-state index in [2.05, 4.69) is 19.9 Å². The van der Waals surface area contributed by atoms with Gasteiger partial charge in [0.2, 0.25) is 0 Å². The third-order valence-corrected chi connectivity index (χ3v) is 7.19. The van der Waals surface area contributed by atoms with Gasteiger partial charge in [0.15, 0.2) is 11.6 Å². The van der Waals surface area contributed by atoms with Crippen molar-refractivity contribution in [2.24, 2.45) is 17.3 Å². The molecule has 0 aliphatic heterocycles. The largest absolute Gasteiger partial charge is 0.494 e. The summed E-state index contributed by atoms with van der Waals surface area (Å²) in [6.07, 6.45) is 9.74. The first-order valence-corrected chi connectivity index (χ1v) is 9.10. The van der Waals surface area contributed by atoms with Gasteiger partial charge >= 0.3 is 0 Å². The lowest BCUT2D eigenvalue weighted by Gasteiger charge is -2.49. The average Bonchev–Trinajstić information content (AvgIpc) is 2.90. The van der Waals surface area contributed by atoms with Gasteiger partial charge in [0.1, 0.15) is 0 Å². The highest BCUT2D eigenvalue weighted by Gasteiger charge is 2.52. The molecule has 124 valence electrons. The molecule has 0 radical (unpaired) electrons. The van der Waals surface area contributed by atoms with E-state index in [4.69, 9.17) is 4.74 Å². The second kappa shape index (κ2) is 5.36. The van der Waals surface area contributed by atoms with Crippen molar-refractivity contribution in [3.8, 4) is 5.75 Å². The Labute approximate surface area is 138 Å². The minimum absolute atomic E-state index is 0.206. The van der Waals surface area contributed by atoms with E-state index in [-0.39, 0.29) is 5.82 Å². The standard InChI is InChI=1S/C21H27FO/c1-4-14-6-8-18-16-7-5-13-11-19(22)20(23-3)12-17(13)15(16)9-10-21(14,18)2/h4,11-12,15-16,18H,5-10H2,1-3H3/b14-4-/t15?,16?,18?,21-/m1/s1. The van der Waals surface area contributed by atoms with Crippen LogP contribution in [0.15, 0.2) is 23.8 Å². The second-order valence-electron chi connectivity index (χ2n) is 7.91. The molecule has 3 aliphatic rings. The molecule has 0 spiro atoms. The maximum Gasteiger partial charge on any atom is 0.165 e. The van der Waals surface area contributed by atoms with Crippen LogP contribution in [0.3, 0.4) is 0 Å². The Balaban J connectivity index is 1.73. The Morgan fingerprint density at radius 2 is 2.04 bits per heavy atom. The average molecular weight is 314 g/mol. The zero-order valence-corrected chi connectivity index (χ0v) is 14.5. The van der Waals surface area contributed by atoms with E-state index in [0.29, 0.717) is 17.1 Å². The van der Waals surface area contributed by atoms with Gasteiger partial charge in [0, 0.05) is 0 Å². The van der Waals surface area contributed by atoms with Gasteiger partial charge in [-0.15, -0.1) is 0 Å². The number of methoxy groups -OCH3 is 1. The Morgan fingerprint density at radius 3 is 2.78 bits per heavy atom. The summed E-state index contributed by atoms with van der Waals surface area (Å²) in [7, 11) is 1.57. The quantitative estimate of drug-likeness (QED) is 0.610. The summed E-state index contributed by atoms with van der Waals surface area (Å²) in [5, 5.41) is 0. The number of rotatable bonds is 1. The van der Waals surface area contributed by atoms with E-state index in [1.807, 2.05) is 6.07 Å². The summed E-state index contributed by atoms with van der Waals surface area (Å²) in [6.45, 7) is 4.70. The molecule has 1 nitrogen and oxygen atoms in total. The zero-order valence-electron chi connectivity index (χ0n) is 14.5. The van der Waals surface area contributed by atoms with Crippen molar-refractivity contribution >= 4 is 0 Å². The number of ether oxygens (including phenoxy) is 1. The van der Waals surface area contributed by atoms with Gasteiger partial charge in [-0.2, -0.15) is 0 Å². The van der Waals surface area contributed by atoms with E-state index in [9.17, 15) is 4.39 Å². The van der Waals surface area contributed by atoms with Crippen LogP contribution < -0.4 is 4.74 Å². The number of halogens is 1. The molecule has 2 fully saturated rings. The fourth-order valence-corrected chi connectivity index (χ4v) is 6.05. The lowest BCUT2D eigenvalue weighted by atomic mass is 9.55. The summed E-state index contributed by atoms with van der Waals surface area (Å²) < 4.78 is 19.3. The number of hydrogen-bond acceptors (Lipinski definition) is 1. The summed E-state index contributed by atoms with van der Waals surface area (Å²) in [6, 6.07) is 3.72. The molecule has 2 heteroatoms. The van der Waals surface area contributed by atoms with Gasteiger partial charge in [0.05, 0.1) is 7.11 Å². The molecule has 3 aliphatic carbocycles. The summed E-state index contributed by atoms with van der Waals surface area (Å²) >= 11 is 0. The Bertz CT molecular complexity index is 662. The first-order valence-electron chi connectivity index (χ1n) is 9.10. The zero-order chi connectivity index (χ0) is 16.2. The van der Waals surface area contributed by atoms with Crippen LogP contribution in [0.1, 0.15) is 63.0 Å². The minimum Gasteiger partial charge on any atom is -0.494 e. The van der Waals surface area contributed by atoms with Gasteiger partial charge in [-0.3, -0.25) is 0 Å². The van der Waals surface area contributed by atoms with Crippen molar-refractivity contribution in [3.05, 3.63) is 40.7 Å². The fourth-order valence-electron chi connectivity index (χ4n) is 6.05. The summed E-state index contributed by atoms with van der Waals surface area (Å²) in [4.78, 5) is 0. The molecule has 2 saturated carbocycles. The van der Waals surface area contributed by atoms with E-state index in [1.54, 1.807) is 18.7 Å². The highest BCUT2D eigenvalue weighted by molar-refractivity contribution is 5.42. The van der Waals surface area contributed by atoms with Crippen LogP contribution in [0.5, 0.6) is 5.75 Å². The van der Waals surface area contributed by atoms with E-state index >= 15 is 0 Å². The maximum atomic E-state index is 14.0. The van der Waals surface area contributed by atoms with Crippen LogP contribution in [0.4, 0.5) is 4.39 Å². The van der Waals surface area contributed by atoms with Gasteiger partial charge in [0.25, 0.3) is 0 Å². The normalized spacial score (nSPS) is 37.2. The smallest absolute Gasteiger partial charge is 0.165 e. The molecule has 0 heterocycles. The Kier molecular flexibility index (Phi) is 3.55. The Hall–Kier alpha value is -1.31. The topological polar surface area (TPSA) is 9.23 Å². The summed E-state index contributed by atoms with van der Waals surface area (Å²) in [5.41, 5.74) is 4.69. The van der Waals surface area contributed by atoms with Gasteiger partial charge in [-0.1, -0.05) is 18.6 Å². The molecule has 0 aromatic heterocycles. The molecule has 1 aromatic carbocycles. The number of allylic oxidation sites excluding steroid dienone is 2. The molecule has 3 unspecified atom stereocenters. The van der Waals surface area contributed by atoms with Gasteiger partial charge in [-0.25, -0.2) is 4.39 Å². The number of aryl methyl sites for hydroxylation is 1. The van der Waals surface area contributed by atoms with Gasteiger partial charge in [-0.05, 0) is 91.9 Å². The lowest BCUT2D eigenvalue weighted by molar-refractivity contribution is 0.0811. The Morgan fingerprint density at radius 1 is 1.22 bits per heavy atom. The van der Waals surface area contributed by atoms with Crippen LogP contribution in [0.2, 0.25) is 0 Å². The lowest BCUT2D eigenvalue weighted by Crippen LogP contribution is -2.40. The second-order valence-corrected chi connectivity index (χ2v) is 7.91. The van der Waals surface area contributed by atoms with Crippen molar-refractivity contribution in [3.63, 3.8) is 0 Å². The fraction of sp³-hybridized carbons (Fsp3) is 0.619. The first-order chi connectivity index (χ1) is 11.1. The van der Waals surface area contributed by atoms with Crippen molar-refractivity contribution in [1.82, 2.24) is 0 Å². The maximum absolute atomic E-state index is 14.0. The number of hydrogen-bond donors (Lipinski definition) is 0. The van der Waals surface area contributed by atoms with Crippen molar-refractivity contribution < 1.29 is 9.13 Å². The molecular weight excluding hydrogens is 287 g/mol. The number of benzene rings is 1. The third kappa shape index (κ3) is 2.10. The first kappa shape index (κ1) is 15.2. The van der Waals surface area contributed by atoms with Crippen molar-refractivity contribution in [1.29, 1.82) is 0 Å². The minimum atomic E-state index is -0.206. The molecular formula is C21H27FO. The van der Waals surface area contributed by atoms with Crippen LogP contribution >= 0.6 is 0 Å². The SMILES string of the molecule is C/C=C1/CCC2C3CCc4cc(F)c(OC)cc4C3CC[C@]12C. The van der Waals surface area contributed by atoms with Crippen LogP contribution in [-0.2, 0) is 6.42 Å². The molecule has 0 amide bonds. The predicted octanol–water partition coefficient (Wildman–Crippen LogP) is 5.64. The molecule has 0 bridgehead atoms. The highest BCUT2D eigenvalue weighted by Crippen LogP contribution is 2.62. The van der Waals surface area contributed by atoms with Crippen LogP contribution in [-0.4, -0.2) is 7.11 Å². The van der Waals surface area contributed by atoms with E-state index in [0.717, 1.165) is 18.3 Å². The number of fused-ring (bicyclic) bond motifs is 5. The van der Waals surface area contributed by atoms with E-state index in [1.165, 1.54) is 43.2 Å². The van der Waals surface area contributed by atoms with Crippen molar-refractivity contribution in [2.75, 3.05) is 7.11 Å². The highest BCUT2D eigenvalue weighted by atomic mass is 19.1. The molecule has 4 atom stereocenters. The molecule has 4 rings (SSSR count). The molecule has 0 saturated heterocycles. The molecule has 23 heavy (non-hydrogen) atoms. The third-order valence-electron chi connectivity index (χ3n) is 7.19. The van der Waals surface area contributed by atoms with Crippen LogP contribution in [0, 0.1) is 23.1 Å². The molecule has 0 N–H and O–H groups in total. The van der Waals surface area contributed by atoms with Crippen LogP contribution in [0.25, 0.3) is 0 Å². The molecule has 1 aromatic rings.